The van der Waals surface area contributed by atoms with Gasteiger partial charge in [-0.1, -0.05) is 73.4 Å². The zero-order valence-electron chi connectivity index (χ0n) is 22.5. The molecule has 1 N–H and O–H groups in total. The highest BCUT2D eigenvalue weighted by Crippen LogP contribution is 2.25. The van der Waals surface area contributed by atoms with E-state index in [2.05, 4.69) is 27.9 Å². The largest absolute Gasteiger partial charge is 0.354 e. The number of hydrogen-bond donors (Lipinski definition) is 1. The summed E-state index contributed by atoms with van der Waals surface area (Å²) in [7, 11) is -3.83. The van der Waals surface area contributed by atoms with E-state index in [1.54, 1.807) is 42.5 Å². The summed E-state index contributed by atoms with van der Waals surface area (Å²) in [6.07, 6.45) is 1.28. The molecule has 0 aliphatic heterocycles. The maximum absolute atomic E-state index is 14.1. The second kappa shape index (κ2) is 14.5. The Labute approximate surface area is 260 Å². The number of carbonyl (C=O) groups is 2. The van der Waals surface area contributed by atoms with Crippen LogP contribution in [0.5, 0.6) is 0 Å². The van der Waals surface area contributed by atoms with Gasteiger partial charge in [-0.2, -0.15) is 0 Å². The van der Waals surface area contributed by atoms with Gasteiger partial charge in [-0.05, 0) is 76.0 Å². The van der Waals surface area contributed by atoms with Crippen LogP contribution in [0.4, 0.5) is 5.69 Å². The predicted molar refractivity (Wildman–Crippen MR) is 170 cm³/mol. The molecule has 0 saturated heterocycles. The molecule has 0 radical (unpaired) electrons. The molecule has 0 bridgehead atoms. The summed E-state index contributed by atoms with van der Waals surface area (Å²) in [5, 5.41) is 3.72. The third-order valence-corrected chi connectivity index (χ3v) is 8.55. The number of anilines is 1. The van der Waals surface area contributed by atoms with E-state index in [0.717, 1.165) is 19.7 Å². The van der Waals surface area contributed by atoms with Gasteiger partial charge < -0.3 is 10.2 Å². The van der Waals surface area contributed by atoms with Gasteiger partial charge in [0.1, 0.15) is 12.6 Å². The molecule has 0 heterocycles. The number of nitrogens with zero attached hydrogens (tertiary/aromatic N) is 2. The minimum absolute atomic E-state index is 0.0221. The number of benzene rings is 3. The van der Waals surface area contributed by atoms with E-state index in [1.165, 1.54) is 4.90 Å². The zero-order valence-corrected chi connectivity index (χ0v) is 27.0. The fraction of sp³-hybridized carbons (Fsp3) is 0.310. The molecular formula is C29H32Cl2IN3O4S. The molecule has 2 amide bonds. The first-order chi connectivity index (χ1) is 18.8. The van der Waals surface area contributed by atoms with E-state index in [-0.39, 0.29) is 24.8 Å². The second-order valence-electron chi connectivity index (χ2n) is 9.85. The Morgan fingerprint density at radius 1 is 0.975 bits per heavy atom. The molecule has 40 heavy (non-hydrogen) atoms. The summed E-state index contributed by atoms with van der Waals surface area (Å²) >= 11 is 14.7. The number of sulfonamides is 1. The van der Waals surface area contributed by atoms with Crippen LogP contribution in [-0.4, -0.2) is 50.5 Å². The molecule has 0 aliphatic rings. The molecule has 214 valence electrons. The molecule has 3 aromatic rings. The van der Waals surface area contributed by atoms with Crippen molar-refractivity contribution in [2.75, 3.05) is 23.7 Å². The molecule has 0 aromatic heterocycles. The van der Waals surface area contributed by atoms with Gasteiger partial charge in [-0.3, -0.25) is 13.9 Å². The summed E-state index contributed by atoms with van der Waals surface area (Å²) in [6, 6.07) is 20.2. The average molecular weight is 716 g/mol. The third kappa shape index (κ3) is 9.36. The summed E-state index contributed by atoms with van der Waals surface area (Å²) in [4.78, 5) is 29.1. The maximum Gasteiger partial charge on any atom is 0.244 e. The van der Waals surface area contributed by atoms with E-state index in [9.17, 15) is 18.0 Å². The van der Waals surface area contributed by atoms with Crippen LogP contribution in [0, 0.1) is 9.49 Å². The fourth-order valence-corrected chi connectivity index (χ4v) is 5.71. The highest BCUT2D eigenvalue weighted by atomic mass is 127. The molecule has 1 atom stereocenters. The van der Waals surface area contributed by atoms with Crippen LogP contribution in [0.3, 0.4) is 0 Å². The lowest BCUT2D eigenvalue weighted by atomic mass is 10.0. The normalized spacial score (nSPS) is 12.2. The van der Waals surface area contributed by atoms with Gasteiger partial charge in [-0.25, -0.2) is 8.42 Å². The van der Waals surface area contributed by atoms with E-state index in [1.807, 2.05) is 44.2 Å². The molecule has 3 aromatic carbocycles. The standard InChI is InChI=1S/C29H32Cl2IN3O4S/c1-20(2)17-33-29(37)27(15-21-7-5-4-6-8-21)34(18-22-9-10-23(30)16-26(22)31)28(36)19-35(40(3,38)39)25-13-11-24(32)12-14-25/h4-14,16,20,27H,15,17-19H2,1-3H3,(H,33,37)/t27-/m1/s1. The Morgan fingerprint density at radius 3 is 2.20 bits per heavy atom. The predicted octanol–water partition coefficient (Wildman–Crippen LogP) is 5.78. The van der Waals surface area contributed by atoms with Crippen LogP contribution in [0.2, 0.25) is 10.0 Å². The topological polar surface area (TPSA) is 86.8 Å². The van der Waals surface area contributed by atoms with Gasteiger partial charge >= 0.3 is 0 Å². The lowest BCUT2D eigenvalue weighted by Crippen LogP contribution is -2.53. The van der Waals surface area contributed by atoms with Gasteiger partial charge in [0.25, 0.3) is 0 Å². The Kier molecular flexibility index (Phi) is 11.7. The highest BCUT2D eigenvalue weighted by Gasteiger charge is 2.33. The quantitative estimate of drug-likeness (QED) is 0.241. The van der Waals surface area contributed by atoms with E-state index < -0.39 is 28.5 Å². The Hall–Kier alpha value is -2.34. The zero-order chi connectivity index (χ0) is 29.4. The second-order valence-corrected chi connectivity index (χ2v) is 13.8. The van der Waals surface area contributed by atoms with Crippen molar-refractivity contribution in [1.82, 2.24) is 10.2 Å². The minimum atomic E-state index is -3.83. The van der Waals surface area contributed by atoms with Crippen molar-refractivity contribution in [3.63, 3.8) is 0 Å². The number of nitrogens with one attached hydrogen (secondary N) is 1. The highest BCUT2D eigenvalue weighted by molar-refractivity contribution is 14.1. The van der Waals surface area contributed by atoms with E-state index in [0.29, 0.717) is 27.8 Å². The smallest absolute Gasteiger partial charge is 0.244 e. The number of carbonyl (C=O) groups excluding carboxylic acids is 2. The van der Waals surface area contributed by atoms with Crippen molar-refractivity contribution in [2.45, 2.75) is 32.9 Å². The van der Waals surface area contributed by atoms with Crippen LogP contribution in [0.25, 0.3) is 0 Å². The summed E-state index contributed by atoms with van der Waals surface area (Å²) < 4.78 is 27.6. The Balaban J connectivity index is 2.06. The lowest BCUT2D eigenvalue weighted by Gasteiger charge is -2.34. The molecule has 0 saturated carbocycles. The summed E-state index contributed by atoms with van der Waals surface area (Å²) in [5.41, 5.74) is 1.78. The summed E-state index contributed by atoms with van der Waals surface area (Å²) in [5.74, 6) is -0.690. The molecule has 0 spiro atoms. The van der Waals surface area contributed by atoms with Crippen molar-refractivity contribution < 1.29 is 18.0 Å². The first-order valence-corrected chi connectivity index (χ1v) is 16.3. The Morgan fingerprint density at radius 2 is 1.62 bits per heavy atom. The van der Waals surface area contributed by atoms with Gasteiger partial charge in [0.2, 0.25) is 21.8 Å². The van der Waals surface area contributed by atoms with Crippen molar-refractivity contribution >= 4 is 73.3 Å². The van der Waals surface area contributed by atoms with Crippen molar-refractivity contribution in [3.8, 4) is 0 Å². The number of rotatable bonds is 12. The van der Waals surface area contributed by atoms with Crippen LogP contribution in [0.1, 0.15) is 25.0 Å². The molecule has 7 nitrogen and oxygen atoms in total. The van der Waals surface area contributed by atoms with E-state index in [4.69, 9.17) is 23.2 Å². The average Bonchev–Trinajstić information content (AvgIpc) is 2.89. The number of amides is 2. The SMILES string of the molecule is CC(C)CNC(=O)[C@@H](Cc1ccccc1)N(Cc1ccc(Cl)cc1Cl)C(=O)CN(c1ccc(I)cc1)S(C)(=O)=O. The van der Waals surface area contributed by atoms with Crippen molar-refractivity contribution in [2.24, 2.45) is 5.92 Å². The van der Waals surface area contributed by atoms with Gasteiger partial charge in [0.05, 0.1) is 11.9 Å². The molecule has 11 heteroatoms. The monoisotopic (exact) mass is 715 g/mol. The van der Waals surface area contributed by atoms with Crippen molar-refractivity contribution in [3.05, 3.63) is 97.5 Å². The maximum atomic E-state index is 14.1. The first kappa shape index (κ1) is 32.2. The van der Waals surface area contributed by atoms with Crippen LogP contribution >= 0.6 is 45.8 Å². The van der Waals surface area contributed by atoms with Crippen LogP contribution < -0.4 is 9.62 Å². The lowest BCUT2D eigenvalue weighted by molar-refractivity contribution is -0.140. The summed E-state index contributed by atoms with van der Waals surface area (Å²) in [6.45, 7) is 3.87. The Bertz CT molecular complexity index is 1420. The van der Waals surface area contributed by atoms with E-state index >= 15 is 0 Å². The van der Waals surface area contributed by atoms with Gasteiger partial charge in [0.15, 0.2) is 0 Å². The number of hydrogen-bond acceptors (Lipinski definition) is 4. The molecule has 0 unspecified atom stereocenters. The van der Waals surface area contributed by atoms with Crippen molar-refractivity contribution in [1.29, 1.82) is 0 Å². The first-order valence-electron chi connectivity index (χ1n) is 12.6. The molecule has 0 aliphatic carbocycles. The van der Waals surface area contributed by atoms with Gasteiger partial charge in [0, 0.05) is 33.1 Å². The molecular weight excluding hydrogens is 684 g/mol. The fourth-order valence-electron chi connectivity index (χ4n) is 4.03. The van der Waals surface area contributed by atoms with Crippen LogP contribution in [-0.2, 0) is 32.6 Å². The van der Waals surface area contributed by atoms with Gasteiger partial charge in [-0.15, -0.1) is 0 Å². The van der Waals surface area contributed by atoms with Crippen LogP contribution in [0.15, 0.2) is 72.8 Å². The molecule has 0 fully saturated rings. The molecule has 3 rings (SSSR count). The third-order valence-electron chi connectivity index (χ3n) is 6.11. The number of halogens is 3. The minimum Gasteiger partial charge on any atom is -0.354 e.